The van der Waals surface area contributed by atoms with Crippen LogP contribution >= 0.6 is 0 Å². The third-order valence-electron chi connectivity index (χ3n) is 1.64. The van der Waals surface area contributed by atoms with E-state index in [1.807, 2.05) is 11.9 Å². The maximum Gasteiger partial charge on any atom is 0.172 e. The lowest BCUT2D eigenvalue weighted by molar-refractivity contribution is -0.123. The van der Waals surface area contributed by atoms with E-state index in [1.54, 1.807) is 7.11 Å². The number of likely N-dealkylation sites (N-methyl/N-ethyl adjacent to an activating group) is 1. The first-order chi connectivity index (χ1) is 5.70. The molecule has 72 valence electrons. The van der Waals surface area contributed by atoms with Crippen molar-refractivity contribution in [2.24, 2.45) is 0 Å². The van der Waals surface area contributed by atoms with Crippen LogP contribution in [0.1, 0.15) is 19.8 Å². The molecular weight excluding hydrogens is 154 g/mol. The van der Waals surface area contributed by atoms with Crippen LogP contribution in [0.5, 0.6) is 0 Å². The van der Waals surface area contributed by atoms with Gasteiger partial charge in [-0.3, -0.25) is 9.69 Å². The van der Waals surface area contributed by atoms with Crippen molar-refractivity contribution in [3.63, 3.8) is 0 Å². The number of hydrogen-bond acceptors (Lipinski definition) is 3. The lowest BCUT2D eigenvalue weighted by Gasteiger charge is -2.14. The van der Waals surface area contributed by atoms with Gasteiger partial charge in [0.1, 0.15) is 6.61 Å². The molecule has 0 unspecified atom stereocenters. The Kier molecular flexibility index (Phi) is 7.00. The molecule has 0 saturated carbocycles. The van der Waals surface area contributed by atoms with Crippen LogP contribution < -0.4 is 0 Å². The molecule has 0 amide bonds. The number of rotatable bonds is 7. The van der Waals surface area contributed by atoms with E-state index in [2.05, 4.69) is 6.92 Å². The predicted molar refractivity (Wildman–Crippen MR) is 49.3 cm³/mol. The summed E-state index contributed by atoms with van der Waals surface area (Å²) in [5.74, 6) is 0.149. The van der Waals surface area contributed by atoms with Crippen LogP contribution in [-0.2, 0) is 9.53 Å². The molecule has 0 aromatic carbocycles. The Balaban J connectivity index is 3.40. The Bertz CT molecular complexity index is 126. The number of unbranched alkanes of at least 4 members (excludes halogenated alkanes) is 1. The minimum Gasteiger partial charge on any atom is -0.377 e. The van der Waals surface area contributed by atoms with Crippen LogP contribution in [0.15, 0.2) is 0 Å². The van der Waals surface area contributed by atoms with Gasteiger partial charge in [0.15, 0.2) is 5.78 Å². The van der Waals surface area contributed by atoms with Gasteiger partial charge < -0.3 is 4.74 Å². The van der Waals surface area contributed by atoms with E-state index in [0.717, 1.165) is 13.0 Å². The fraction of sp³-hybridized carbons (Fsp3) is 0.889. The number of Topliss-reactive ketones (excluding diaryl/α,β-unsaturated/α-hetero) is 1. The molecule has 0 heterocycles. The minimum absolute atomic E-state index is 0.149. The van der Waals surface area contributed by atoms with E-state index in [9.17, 15) is 4.79 Å². The molecule has 0 rings (SSSR count). The number of methoxy groups -OCH3 is 1. The molecule has 3 heteroatoms. The topological polar surface area (TPSA) is 29.5 Å². The molecule has 0 N–H and O–H groups in total. The highest BCUT2D eigenvalue weighted by atomic mass is 16.5. The van der Waals surface area contributed by atoms with E-state index in [-0.39, 0.29) is 12.4 Å². The smallest absolute Gasteiger partial charge is 0.172 e. The predicted octanol–water partition coefficient (Wildman–Crippen LogP) is 0.934. The Hall–Kier alpha value is -0.410. The summed E-state index contributed by atoms with van der Waals surface area (Å²) in [6.07, 6.45) is 2.32. The van der Waals surface area contributed by atoms with E-state index < -0.39 is 0 Å². The summed E-state index contributed by atoms with van der Waals surface area (Å²) in [5, 5.41) is 0. The Morgan fingerprint density at radius 2 is 2.17 bits per heavy atom. The number of hydrogen-bond donors (Lipinski definition) is 0. The second-order valence-electron chi connectivity index (χ2n) is 3.06. The molecule has 0 bridgehead atoms. The summed E-state index contributed by atoms with van der Waals surface area (Å²) in [6.45, 7) is 3.88. The zero-order valence-corrected chi connectivity index (χ0v) is 8.30. The first-order valence-electron chi connectivity index (χ1n) is 4.39. The molecule has 0 spiro atoms. The minimum atomic E-state index is 0.149. The van der Waals surface area contributed by atoms with Gasteiger partial charge in [-0.25, -0.2) is 0 Å². The SMILES string of the molecule is CCCCN(C)CC(=O)COC. The molecule has 12 heavy (non-hydrogen) atoms. The quantitative estimate of drug-likeness (QED) is 0.573. The maximum atomic E-state index is 11.0. The monoisotopic (exact) mass is 173 g/mol. The van der Waals surface area contributed by atoms with Gasteiger partial charge in [-0.2, -0.15) is 0 Å². The van der Waals surface area contributed by atoms with Crippen LogP contribution in [0.2, 0.25) is 0 Å². The third-order valence-corrected chi connectivity index (χ3v) is 1.64. The van der Waals surface area contributed by atoms with Crippen molar-refractivity contribution < 1.29 is 9.53 Å². The van der Waals surface area contributed by atoms with E-state index in [4.69, 9.17) is 4.74 Å². The molecule has 0 fully saturated rings. The largest absolute Gasteiger partial charge is 0.377 e. The zero-order chi connectivity index (χ0) is 9.40. The second-order valence-corrected chi connectivity index (χ2v) is 3.06. The van der Waals surface area contributed by atoms with Gasteiger partial charge in [0.25, 0.3) is 0 Å². The number of carbonyl (C=O) groups is 1. The number of carbonyl (C=O) groups excluding carboxylic acids is 1. The summed E-state index contributed by atoms with van der Waals surface area (Å²) in [6, 6.07) is 0. The summed E-state index contributed by atoms with van der Waals surface area (Å²) >= 11 is 0. The standard InChI is InChI=1S/C9H19NO2/c1-4-5-6-10(2)7-9(11)8-12-3/h4-8H2,1-3H3. The summed E-state index contributed by atoms with van der Waals surface area (Å²) in [7, 11) is 3.51. The molecule has 0 radical (unpaired) electrons. The van der Waals surface area contributed by atoms with Crippen molar-refractivity contribution in [3.8, 4) is 0 Å². The molecule has 0 aliphatic rings. The maximum absolute atomic E-state index is 11.0. The third kappa shape index (κ3) is 6.31. The van der Waals surface area contributed by atoms with Crippen molar-refractivity contribution in [3.05, 3.63) is 0 Å². The van der Waals surface area contributed by atoms with Crippen LogP contribution in [-0.4, -0.2) is 44.5 Å². The Morgan fingerprint density at radius 1 is 1.50 bits per heavy atom. The van der Waals surface area contributed by atoms with Gasteiger partial charge in [-0.1, -0.05) is 13.3 Å². The molecule has 0 aliphatic heterocycles. The average Bonchev–Trinajstić information content (AvgIpc) is 2.01. The van der Waals surface area contributed by atoms with Gasteiger partial charge in [-0.05, 0) is 20.0 Å². The van der Waals surface area contributed by atoms with Crippen molar-refractivity contribution in [1.82, 2.24) is 4.90 Å². The second kappa shape index (κ2) is 7.25. The lowest BCUT2D eigenvalue weighted by atomic mass is 10.3. The zero-order valence-electron chi connectivity index (χ0n) is 8.30. The molecule has 0 saturated heterocycles. The summed E-state index contributed by atoms with van der Waals surface area (Å²) in [4.78, 5) is 13.1. The van der Waals surface area contributed by atoms with Crippen LogP contribution in [0.3, 0.4) is 0 Å². The highest BCUT2D eigenvalue weighted by Crippen LogP contribution is 1.91. The Morgan fingerprint density at radius 3 is 2.67 bits per heavy atom. The molecule has 0 aliphatic carbocycles. The number of ether oxygens (including phenoxy) is 1. The van der Waals surface area contributed by atoms with Gasteiger partial charge in [0, 0.05) is 7.11 Å². The van der Waals surface area contributed by atoms with E-state index >= 15 is 0 Å². The molecule has 3 nitrogen and oxygen atoms in total. The normalized spacial score (nSPS) is 10.7. The van der Waals surface area contributed by atoms with E-state index in [0.29, 0.717) is 6.54 Å². The van der Waals surface area contributed by atoms with Gasteiger partial charge in [-0.15, -0.1) is 0 Å². The number of ketones is 1. The van der Waals surface area contributed by atoms with Crippen molar-refractivity contribution in [2.75, 3.05) is 33.9 Å². The fourth-order valence-corrected chi connectivity index (χ4v) is 1.01. The number of nitrogens with zero attached hydrogens (tertiary/aromatic N) is 1. The molecular formula is C9H19NO2. The van der Waals surface area contributed by atoms with Crippen molar-refractivity contribution in [2.45, 2.75) is 19.8 Å². The lowest BCUT2D eigenvalue weighted by Crippen LogP contribution is -2.28. The first-order valence-corrected chi connectivity index (χ1v) is 4.39. The highest BCUT2D eigenvalue weighted by Gasteiger charge is 2.04. The van der Waals surface area contributed by atoms with Gasteiger partial charge in [0.05, 0.1) is 6.54 Å². The van der Waals surface area contributed by atoms with Crippen molar-refractivity contribution in [1.29, 1.82) is 0 Å². The van der Waals surface area contributed by atoms with Gasteiger partial charge in [0.2, 0.25) is 0 Å². The summed E-state index contributed by atoms with van der Waals surface area (Å²) < 4.78 is 4.73. The van der Waals surface area contributed by atoms with Crippen LogP contribution in [0, 0.1) is 0 Å². The molecule has 0 atom stereocenters. The summed E-state index contributed by atoms with van der Waals surface area (Å²) in [5.41, 5.74) is 0. The molecule has 0 aromatic heterocycles. The average molecular weight is 173 g/mol. The van der Waals surface area contributed by atoms with Crippen LogP contribution in [0.4, 0.5) is 0 Å². The van der Waals surface area contributed by atoms with Crippen LogP contribution in [0.25, 0.3) is 0 Å². The highest BCUT2D eigenvalue weighted by molar-refractivity contribution is 5.81. The Labute approximate surface area is 74.7 Å². The van der Waals surface area contributed by atoms with Crippen molar-refractivity contribution >= 4 is 5.78 Å². The molecule has 0 aromatic rings. The fourth-order valence-electron chi connectivity index (χ4n) is 1.01. The van der Waals surface area contributed by atoms with E-state index in [1.165, 1.54) is 6.42 Å². The first kappa shape index (κ1) is 11.6. The van der Waals surface area contributed by atoms with Gasteiger partial charge >= 0.3 is 0 Å².